The number of hydrogen-bond donors (Lipinski definition) is 1. The molecule has 0 saturated carbocycles. The molecule has 0 heterocycles. The van der Waals surface area contributed by atoms with Gasteiger partial charge in [0.05, 0.1) is 5.02 Å². The van der Waals surface area contributed by atoms with Crippen LogP contribution in [0.2, 0.25) is 5.02 Å². The number of halogens is 2. The van der Waals surface area contributed by atoms with Gasteiger partial charge in [0.1, 0.15) is 5.82 Å². The Bertz CT molecular complexity index is 364. The molecule has 1 rings (SSSR count). The van der Waals surface area contributed by atoms with E-state index < -0.39 is 5.82 Å². The second-order valence-electron chi connectivity index (χ2n) is 3.33. The maximum Gasteiger partial charge on any atom is 0.168 e. The first kappa shape index (κ1) is 12.1. The average Bonchev–Trinajstić information content (AvgIpc) is 2.23. The van der Waals surface area contributed by atoms with Crippen LogP contribution >= 0.6 is 11.6 Å². The molecule has 0 amide bonds. The van der Waals surface area contributed by atoms with Crippen LogP contribution < -0.4 is 5.73 Å². The summed E-state index contributed by atoms with van der Waals surface area (Å²) in [7, 11) is 0. The molecule has 0 aliphatic rings. The number of rotatable bonds is 4. The van der Waals surface area contributed by atoms with Gasteiger partial charge in [0.25, 0.3) is 0 Å². The van der Waals surface area contributed by atoms with Crippen molar-refractivity contribution in [2.75, 3.05) is 6.54 Å². The van der Waals surface area contributed by atoms with E-state index in [-0.39, 0.29) is 28.8 Å². The van der Waals surface area contributed by atoms with Crippen molar-refractivity contribution < 1.29 is 9.18 Å². The number of carbonyl (C=O) groups is 1. The van der Waals surface area contributed by atoms with Crippen molar-refractivity contribution in [3.63, 3.8) is 0 Å². The van der Waals surface area contributed by atoms with Gasteiger partial charge in [0, 0.05) is 18.0 Å². The summed E-state index contributed by atoms with van der Waals surface area (Å²) in [6.07, 6.45) is 0.627. The van der Waals surface area contributed by atoms with Crippen LogP contribution in [-0.4, -0.2) is 12.3 Å². The SMILES string of the molecule is CCC(CN)C(=O)c1cc(F)ccc1Cl. The number of Topliss-reactive ketones (excluding diaryl/α,β-unsaturated/α-hetero) is 1. The van der Waals surface area contributed by atoms with Gasteiger partial charge in [0.2, 0.25) is 0 Å². The third-order valence-electron chi connectivity index (χ3n) is 2.34. The van der Waals surface area contributed by atoms with Gasteiger partial charge in [-0.2, -0.15) is 0 Å². The fourth-order valence-electron chi connectivity index (χ4n) is 1.37. The first-order valence-corrected chi connectivity index (χ1v) is 5.17. The van der Waals surface area contributed by atoms with Crippen LogP contribution in [0.4, 0.5) is 4.39 Å². The van der Waals surface area contributed by atoms with Crippen molar-refractivity contribution in [1.29, 1.82) is 0 Å². The molecule has 1 aromatic rings. The molecule has 82 valence electrons. The Morgan fingerprint density at radius 1 is 1.60 bits per heavy atom. The lowest BCUT2D eigenvalue weighted by atomic mass is 9.95. The Kier molecular flexibility index (Phi) is 4.24. The zero-order valence-corrected chi connectivity index (χ0v) is 9.22. The van der Waals surface area contributed by atoms with Gasteiger partial charge in [-0.25, -0.2) is 4.39 Å². The van der Waals surface area contributed by atoms with E-state index in [4.69, 9.17) is 17.3 Å². The predicted octanol–water partition coefficient (Wildman–Crippen LogP) is 2.65. The highest BCUT2D eigenvalue weighted by molar-refractivity contribution is 6.34. The van der Waals surface area contributed by atoms with Gasteiger partial charge in [-0.1, -0.05) is 18.5 Å². The van der Waals surface area contributed by atoms with Gasteiger partial charge in [-0.05, 0) is 24.6 Å². The van der Waals surface area contributed by atoms with Crippen molar-refractivity contribution in [2.24, 2.45) is 11.7 Å². The molecular weight excluding hydrogens is 217 g/mol. The van der Waals surface area contributed by atoms with Crippen molar-refractivity contribution >= 4 is 17.4 Å². The number of ketones is 1. The molecule has 0 aromatic heterocycles. The Morgan fingerprint density at radius 3 is 2.80 bits per heavy atom. The third-order valence-corrected chi connectivity index (χ3v) is 2.67. The summed E-state index contributed by atoms with van der Waals surface area (Å²) in [5.74, 6) is -0.941. The number of hydrogen-bond acceptors (Lipinski definition) is 2. The summed E-state index contributed by atoms with van der Waals surface area (Å²) >= 11 is 5.82. The minimum atomic E-state index is -0.463. The molecule has 0 saturated heterocycles. The Labute approximate surface area is 93.2 Å². The van der Waals surface area contributed by atoms with Crippen LogP contribution in [-0.2, 0) is 0 Å². The van der Waals surface area contributed by atoms with Crippen LogP contribution in [0.1, 0.15) is 23.7 Å². The van der Waals surface area contributed by atoms with E-state index in [1.54, 1.807) is 0 Å². The normalized spacial score (nSPS) is 12.5. The van der Waals surface area contributed by atoms with Gasteiger partial charge in [-0.15, -0.1) is 0 Å². The highest BCUT2D eigenvalue weighted by Gasteiger charge is 2.19. The summed E-state index contributed by atoms with van der Waals surface area (Å²) < 4.78 is 12.9. The van der Waals surface area contributed by atoms with Crippen LogP contribution in [0, 0.1) is 11.7 Å². The first-order valence-electron chi connectivity index (χ1n) is 4.79. The van der Waals surface area contributed by atoms with E-state index in [9.17, 15) is 9.18 Å². The lowest BCUT2D eigenvalue weighted by Crippen LogP contribution is -2.23. The van der Waals surface area contributed by atoms with Gasteiger partial charge in [0.15, 0.2) is 5.78 Å². The molecule has 1 unspecified atom stereocenters. The van der Waals surface area contributed by atoms with E-state index in [1.165, 1.54) is 12.1 Å². The van der Waals surface area contributed by atoms with Crippen molar-refractivity contribution in [1.82, 2.24) is 0 Å². The number of benzene rings is 1. The Morgan fingerprint density at radius 2 is 2.27 bits per heavy atom. The fourth-order valence-corrected chi connectivity index (χ4v) is 1.58. The third kappa shape index (κ3) is 2.76. The predicted molar refractivity (Wildman–Crippen MR) is 58.6 cm³/mol. The summed E-state index contributed by atoms with van der Waals surface area (Å²) in [5.41, 5.74) is 5.67. The Hall–Kier alpha value is -0.930. The van der Waals surface area contributed by atoms with Crippen molar-refractivity contribution in [2.45, 2.75) is 13.3 Å². The summed E-state index contributed by atoms with van der Waals surface area (Å²) in [5, 5.41) is 0.272. The van der Waals surface area contributed by atoms with E-state index in [1.807, 2.05) is 6.92 Å². The van der Waals surface area contributed by atoms with E-state index in [0.29, 0.717) is 6.42 Å². The zero-order chi connectivity index (χ0) is 11.4. The molecule has 1 atom stereocenters. The lowest BCUT2D eigenvalue weighted by Gasteiger charge is -2.11. The minimum absolute atomic E-state index is 0.190. The van der Waals surface area contributed by atoms with Crippen LogP contribution in [0.5, 0.6) is 0 Å². The smallest absolute Gasteiger partial charge is 0.168 e. The molecule has 4 heteroatoms. The van der Waals surface area contributed by atoms with Crippen LogP contribution in [0.25, 0.3) is 0 Å². The van der Waals surface area contributed by atoms with Gasteiger partial charge in [-0.3, -0.25) is 4.79 Å². The van der Waals surface area contributed by atoms with Crippen LogP contribution in [0.15, 0.2) is 18.2 Å². The maximum absolute atomic E-state index is 12.9. The molecule has 1 aromatic carbocycles. The molecule has 0 aliphatic heterocycles. The van der Waals surface area contributed by atoms with Crippen LogP contribution in [0.3, 0.4) is 0 Å². The first-order chi connectivity index (χ1) is 7.10. The van der Waals surface area contributed by atoms with E-state index in [2.05, 4.69) is 0 Å². The van der Waals surface area contributed by atoms with E-state index >= 15 is 0 Å². The molecule has 2 nitrogen and oxygen atoms in total. The molecule has 0 radical (unpaired) electrons. The minimum Gasteiger partial charge on any atom is -0.330 e. The number of nitrogens with two attached hydrogens (primary N) is 1. The largest absolute Gasteiger partial charge is 0.330 e. The second-order valence-corrected chi connectivity index (χ2v) is 3.74. The maximum atomic E-state index is 12.9. The standard InChI is InChI=1S/C11H13ClFNO/c1-2-7(6-14)11(15)9-5-8(13)3-4-10(9)12/h3-5,7H,2,6,14H2,1H3. The molecule has 0 bridgehead atoms. The molecule has 0 spiro atoms. The molecular formula is C11H13ClFNO. The Balaban J connectivity index is 3.04. The summed E-state index contributed by atoms with van der Waals surface area (Å²) in [6, 6.07) is 3.76. The van der Waals surface area contributed by atoms with Gasteiger partial charge < -0.3 is 5.73 Å². The lowest BCUT2D eigenvalue weighted by molar-refractivity contribution is 0.0921. The second kappa shape index (κ2) is 5.24. The van der Waals surface area contributed by atoms with Crippen molar-refractivity contribution in [3.05, 3.63) is 34.6 Å². The fraction of sp³-hybridized carbons (Fsp3) is 0.364. The van der Waals surface area contributed by atoms with E-state index in [0.717, 1.165) is 6.07 Å². The molecule has 0 fully saturated rings. The highest BCUT2D eigenvalue weighted by atomic mass is 35.5. The van der Waals surface area contributed by atoms with Gasteiger partial charge >= 0.3 is 0 Å². The molecule has 15 heavy (non-hydrogen) atoms. The highest BCUT2D eigenvalue weighted by Crippen LogP contribution is 2.21. The summed E-state index contributed by atoms with van der Waals surface area (Å²) in [4.78, 5) is 11.8. The topological polar surface area (TPSA) is 43.1 Å². The zero-order valence-electron chi connectivity index (χ0n) is 8.47. The monoisotopic (exact) mass is 229 g/mol. The average molecular weight is 230 g/mol. The number of carbonyl (C=O) groups excluding carboxylic acids is 1. The molecule has 2 N–H and O–H groups in total. The summed E-state index contributed by atoms with van der Waals surface area (Å²) in [6.45, 7) is 2.12. The molecule has 0 aliphatic carbocycles. The van der Waals surface area contributed by atoms with Crippen molar-refractivity contribution in [3.8, 4) is 0 Å². The quantitative estimate of drug-likeness (QED) is 0.807.